The molecule has 0 atom stereocenters. The average molecular weight is 385 g/mol. The molecule has 4 rings (SSSR count). The van der Waals surface area contributed by atoms with Crippen molar-refractivity contribution >= 4 is 5.91 Å². The molecule has 0 bridgehead atoms. The van der Waals surface area contributed by atoms with E-state index in [1.54, 1.807) is 17.2 Å². The number of benzene rings is 2. The molecule has 4 aromatic rings. The fourth-order valence-corrected chi connectivity index (χ4v) is 3.31. The van der Waals surface area contributed by atoms with Gasteiger partial charge in [0.25, 0.3) is 5.91 Å². The van der Waals surface area contributed by atoms with Crippen LogP contribution in [0.3, 0.4) is 0 Å². The Morgan fingerprint density at radius 2 is 1.83 bits per heavy atom. The van der Waals surface area contributed by atoms with Crippen LogP contribution in [0, 0.1) is 6.92 Å². The maximum Gasteiger partial charge on any atom is 0.275 e. The molecule has 2 aromatic carbocycles. The Kier molecular flexibility index (Phi) is 5.24. The maximum absolute atomic E-state index is 13.2. The van der Waals surface area contributed by atoms with Crippen molar-refractivity contribution in [2.24, 2.45) is 7.05 Å². The molecular formula is C23H23N5O. The lowest BCUT2D eigenvalue weighted by atomic mass is 10.0. The van der Waals surface area contributed by atoms with Crippen molar-refractivity contribution in [1.29, 1.82) is 0 Å². The first kappa shape index (κ1) is 18.7. The fourth-order valence-electron chi connectivity index (χ4n) is 3.31. The van der Waals surface area contributed by atoms with E-state index in [1.807, 2.05) is 55.1 Å². The number of hydrogen-bond donors (Lipinski definition) is 1. The van der Waals surface area contributed by atoms with E-state index in [0.29, 0.717) is 18.8 Å². The molecular weight excluding hydrogens is 362 g/mol. The molecule has 0 saturated carbocycles. The summed E-state index contributed by atoms with van der Waals surface area (Å²) in [6, 6.07) is 20.3. The van der Waals surface area contributed by atoms with E-state index in [2.05, 4.69) is 39.4 Å². The first-order valence-corrected chi connectivity index (χ1v) is 9.52. The number of amides is 1. The molecule has 1 N–H and O–H groups in total. The molecule has 146 valence electrons. The standard InChI is InChI=1S/C23H23N5O/c1-17-13-21(26-25-17)23(29)28(16-22-24-11-12-27(22)2)15-18-7-6-10-20(14-18)19-8-4-3-5-9-19/h3-14H,15-16H2,1-2H3,(H,25,26). The third kappa shape index (κ3) is 4.27. The lowest BCUT2D eigenvalue weighted by Gasteiger charge is -2.22. The topological polar surface area (TPSA) is 66.8 Å². The monoisotopic (exact) mass is 385 g/mol. The number of aromatic nitrogens is 4. The second kappa shape index (κ2) is 8.14. The van der Waals surface area contributed by atoms with Gasteiger partial charge in [0, 0.05) is 31.7 Å². The number of imidazole rings is 1. The highest BCUT2D eigenvalue weighted by molar-refractivity contribution is 5.92. The van der Waals surface area contributed by atoms with Gasteiger partial charge in [0.05, 0.1) is 6.54 Å². The second-order valence-electron chi connectivity index (χ2n) is 7.12. The molecule has 0 aliphatic heterocycles. The summed E-state index contributed by atoms with van der Waals surface area (Å²) >= 11 is 0. The number of nitrogens with zero attached hydrogens (tertiary/aromatic N) is 4. The highest BCUT2D eigenvalue weighted by Gasteiger charge is 2.20. The number of carbonyl (C=O) groups is 1. The van der Waals surface area contributed by atoms with Gasteiger partial charge in [-0.25, -0.2) is 4.98 Å². The molecule has 6 heteroatoms. The van der Waals surface area contributed by atoms with Crippen molar-refractivity contribution < 1.29 is 4.79 Å². The summed E-state index contributed by atoms with van der Waals surface area (Å²) in [6.45, 7) is 2.76. The van der Waals surface area contributed by atoms with Gasteiger partial charge in [-0.3, -0.25) is 9.89 Å². The molecule has 0 radical (unpaired) electrons. The molecule has 0 aliphatic carbocycles. The first-order chi connectivity index (χ1) is 14.1. The molecule has 29 heavy (non-hydrogen) atoms. The van der Waals surface area contributed by atoms with Crippen LogP contribution in [-0.4, -0.2) is 30.6 Å². The zero-order chi connectivity index (χ0) is 20.2. The number of hydrogen-bond acceptors (Lipinski definition) is 3. The quantitative estimate of drug-likeness (QED) is 0.546. The van der Waals surface area contributed by atoms with E-state index in [4.69, 9.17) is 0 Å². The summed E-state index contributed by atoms with van der Waals surface area (Å²) in [5, 5.41) is 7.00. The van der Waals surface area contributed by atoms with E-state index in [-0.39, 0.29) is 5.91 Å². The number of nitrogens with one attached hydrogen (secondary N) is 1. The van der Waals surface area contributed by atoms with Gasteiger partial charge < -0.3 is 9.47 Å². The fraction of sp³-hybridized carbons (Fsp3) is 0.174. The van der Waals surface area contributed by atoms with Gasteiger partial charge in [0.1, 0.15) is 11.5 Å². The predicted molar refractivity (Wildman–Crippen MR) is 112 cm³/mol. The Labute approximate surface area is 169 Å². The Hall–Kier alpha value is -3.67. The van der Waals surface area contributed by atoms with Crippen LogP contribution in [-0.2, 0) is 20.1 Å². The highest BCUT2D eigenvalue weighted by atomic mass is 16.2. The summed E-state index contributed by atoms with van der Waals surface area (Å²) in [4.78, 5) is 19.3. The van der Waals surface area contributed by atoms with E-state index in [1.165, 1.54) is 0 Å². The van der Waals surface area contributed by atoms with Gasteiger partial charge in [0.15, 0.2) is 0 Å². The zero-order valence-corrected chi connectivity index (χ0v) is 16.5. The van der Waals surface area contributed by atoms with Gasteiger partial charge in [-0.2, -0.15) is 5.10 Å². The lowest BCUT2D eigenvalue weighted by molar-refractivity contribution is 0.0718. The SMILES string of the molecule is Cc1cc(C(=O)N(Cc2cccc(-c3ccccc3)c2)Cc2nccn2C)n[nH]1. The Bertz CT molecular complexity index is 1110. The van der Waals surface area contributed by atoms with E-state index >= 15 is 0 Å². The summed E-state index contributed by atoms with van der Waals surface area (Å²) in [7, 11) is 1.93. The van der Waals surface area contributed by atoms with Gasteiger partial charge >= 0.3 is 0 Å². The number of H-pyrrole nitrogens is 1. The molecule has 2 heterocycles. The summed E-state index contributed by atoms with van der Waals surface area (Å²) < 4.78 is 1.93. The number of carbonyl (C=O) groups excluding carboxylic acids is 1. The van der Waals surface area contributed by atoms with E-state index in [9.17, 15) is 4.79 Å². The molecule has 6 nitrogen and oxygen atoms in total. The Balaban J connectivity index is 1.63. The van der Waals surface area contributed by atoms with Gasteiger partial charge in [0.2, 0.25) is 0 Å². The second-order valence-corrected chi connectivity index (χ2v) is 7.12. The smallest absolute Gasteiger partial charge is 0.275 e. The van der Waals surface area contributed by atoms with Gasteiger partial charge in [-0.1, -0.05) is 48.5 Å². The van der Waals surface area contributed by atoms with Crippen molar-refractivity contribution in [3.63, 3.8) is 0 Å². The van der Waals surface area contributed by atoms with Crippen molar-refractivity contribution in [2.45, 2.75) is 20.0 Å². The molecule has 0 unspecified atom stereocenters. The summed E-state index contributed by atoms with van der Waals surface area (Å²) in [5.41, 5.74) is 4.61. The number of aryl methyl sites for hydroxylation is 2. The van der Waals surface area contributed by atoms with E-state index < -0.39 is 0 Å². The number of aromatic amines is 1. The third-order valence-corrected chi connectivity index (χ3v) is 4.87. The van der Waals surface area contributed by atoms with Crippen molar-refractivity contribution in [2.75, 3.05) is 0 Å². The maximum atomic E-state index is 13.2. The molecule has 0 aliphatic rings. The Morgan fingerprint density at radius 1 is 1.03 bits per heavy atom. The largest absolute Gasteiger partial charge is 0.337 e. The number of rotatable bonds is 6. The first-order valence-electron chi connectivity index (χ1n) is 9.52. The molecule has 0 fully saturated rings. The van der Waals surface area contributed by atoms with Crippen molar-refractivity contribution in [1.82, 2.24) is 24.6 Å². The van der Waals surface area contributed by atoms with Gasteiger partial charge in [-0.15, -0.1) is 0 Å². The summed E-state index contributed by atoms with van der Waals surface area (Å²) in [5.74, 6) is 0.701. The summed E-state index contributed by atoms with van der Waals surface area (Å²) in [6.07, 6.45) is 3.62. The average Bonchev–Trinajstić information content (AvgIpc) is 3.36. The highest BCUT2D eigenvalue weighted by Crippen LogP contribution is 2.21. The van der Waals surface area contributed by atoms with Crippen LogP contribution in [0.5, 0.6) is 0 Å². The molecule has 0 saturated heterocycles. The normalized spacial score (nSPS) is 10.8. The zero-order valence-electron chi connectivity index (χ0n) is 16.5. The van der Waals surface area contributed by atoms with Crippen LogP contribution in [0.2, 0.25) is 0 Å². The van der Waals surface area contributed by atoms with Crippen LogP contribution < -0.4 is 0 Å². The minimum atomic E-state index is -0.123. The van der Waals surface area contributed by atoms with Gasteiger partial charge in [-0.05, 0) is 35.7 Å². The minimum absolute atomic E-state index is 0.123. The van der Waals surface area contributed by atoms with Crippen LogP contribution >= 0.6 is 0 Å². The molecule has 2 aromatic heterocycles. The molecule has 1 amide bonds. The van der Waals surface area contributed by atoms with Crippen LogP contribution in [0.1, 0.15) is 27.6 Å². The predicted octanol–water partition coefficient (Wildman–Crippen LogP) is 3.96. The van der Waals surface area contributed by atoms with Crippen LogP contribution in [0.15, 0.2) is 73.1 Å². The van der Waals surface area contributed by atoms with Crippen molar-refractivity contribution in [3.05, 3.63) is 95.8 Å². The van der Waals surface area contributed by atoms with Crippen LogP contribution in [0.25, 0.3) is 11.1 Å². The van der Waals surface area contributed by atoms with Crippen molar-refractivity contribution in [3.8, 4) is 11.1 Å². The van der Waals surface area contributed by atoms with Crippen LogP contribution in [0.4, 0.5) is 0 Å². The molecule has 0 spiro atoms. The van der Waals surface area contributed by atoms with E-state index in [0.717, 1.165) is 28.2 Å². The lowest BCUT2D eigenvalue weighted by Crippen LogP contribution is -2.31. The Morgan fingerprint density at radius 3 is 2.52 bits per heavy atom. The minimum Gasteiger partial charge on any atom is -0.337 e. The third-order valence-electron chi connectivity index (χ3n) is 4.87.